The standard InChI is InChI=1S/C48H30N2O/c1-2-13-31(14-3-1)32-15-12-16-33(29-32)35-27-28-46-47(40-20-7-11-24-45(40)51-46)48(35)50-43-23-10-6-19-38(43)39-26-25-34(30-44(39)50)49-41-21-8-4-17-36(41)37-18-5-9-22-42(37)49/h1-30H/i1D,2D,3D,4D,5D,6D,8D,9D,10D,13D,14D,17D,18D,19D,21D,22D,23D,25D,26D,30D. The van der Waals surface area contributed by atoms with Gasteiger partial charge in [0, 0.05) is 38.2 Å². The molecule has 51 heavy (non-hydrogen) atoms. The van der Waals surface area contributed by atoms with Crippen LogP contribution < -0.4 is 0 Å². The van der Waals surface area contributed by atoms with Gasteiger partial charge in [0.1, 0.15) is 11.2 Å². The number of rotatable bonds is 4. The molecule has 3 aromatic heterocycles. The van der Waals surface area contributed by atoms with E-state index in [1.807, 2.05) is 0 Å². The third-order valence-electron chi connectivity index (χ3n) is 9.10. The van der Waals surface area contributed by atoms with Crippen LogP contribution >= 0.6 is 0 Å². The fraction of sp³-hybridized carbons (Fsp3) is 0. The van der Waals surface area contributed by atoms with E-state index >= 15 is 0 Å². The summed E-state index contributed by atoms with van der Waals surface area (Å²) in [4.78, 5) is 0. The van der Waals surface area contributed by atoms with Crippen molar-refractivity contribution in [3.63, 3.8) is 0 Å². The molecule has 3 heterocycles. The van der Waals surface area contributed by atoms with Crippen LogP contribution in [0.1, 0.15) is 27.4 Å². The predicted molar refractivity (Wildman–Crippen MR) is 213 cm³/mol. The highest BCUT2D eigenvalue weighted by Gasteiger charge is 2.23. The largest absolute Gasteiger partial charge is 0.456 e. The average molecular weight is 671 g/mol. The summed E-state index contributed by atoms with van der Waals surface area (Å²) in [7, 11) is 0. The van der Waals surface area contributed by atoms with Crippen molar-refractivity contribution < 1.29 is 31.8 Å². The lowest BCUT2D eigenvalue weighted by Crippen LogP contribution is -2.00. The van der Waals surface area contributed by atoms with Crippen LogP contribution in [0.25, 0.3) is 99.2 Å². The Morgan fingerprint density at radius 1 is 0.431 bits per heavy atom. The highest BCUT2D eigenvalue weighted by atomic mass is 16.3. The molecule has 0 aliphatic carbocycles. The lowest BCUT2D eigenvalue weighted by atomic mass is 9.96. The first kappa shape index (κ1) is 15.0. The van der Waals surface area contributed by atoms with E-state index in [0.29, 0.717) is 21.9 Å². The van der Waals surface area contributed by atoms with Crippen molar-refractivity contribution >= 4 is 65.6 Å². The topological polar surface area (TPSA) is 23.0 Å². The summed E-state index contributed by atoms with van der Waals surface area (Å²) >= 11 is 0. The minimum Gasteiger partial charge on any atom is -0.456 e. The zero-order valence-corrected chi connectivity index (χ0v) is 26.1. The summed E-state index contributed by atoms with van der Waals surface area (Å²) in [5.41, 5.74) is -0.522. The van der Waals surface area contributed by atoms with E-state index < -0.39 is 138 Å². The number of hydrogen-bond acceptors (Lipinski definition) is 1. The molecule has 0 amide bonds. The molecule has 0 unspecified atom stereocenters. The number of aromatic nitrogens is 2. The molecule has 11 rings (SSSR count). The molecule has 0 saturated heterocycles. The summed E-state index contributed by atoms with van der Waals surface area (Å²) in [6, 6.07) is 3.34. The van der Waals surface area contributed by atoms with Crippen LogP contribution in [0, 0.1) is 0 Å². The van der Waals surface area contributed by atoms with Gasteiger partial charge >= 0.3 is 0 Å². The van der Waals surface area contributed by atoms with Gasteiger partial charge < -0.3 is 13.6 Å². The van der Waals surface area contributed by atoms with Crippen LogP contribution in [0.2, 0.25) is 0 Å². The van der Waals surface area contributed by atoms with Crippen LogP contribution in [-0.2, 0) is 0 Å². The quantitative estimate of drug-likeness (QED) is 0.183. The second-order valence-electron chi connectivity index (χ2n) is 11.8. The van der Waals surface area contributed by atoms with Crippen LogP contribution in [0.3, 0.4) is 0 Å². The Bertz CT molecular complexity index is 4200. The van der Waals surface area contributed by atoms with Gasteiger partial charge in [0.05, 0.1) is 60.6 Å². The van der Waals surface area contributed by atoms with E-state index in [1.165, 1.54) is 4.57 Å². The molecule has 0 saturated carbocycles. The first-order valence-electron chi connectivity index (χ1n) is 25.8. The minimum absolute atomic E-state index is 0.109. The van der Waals surface area contributed by atoms with Gasteiger partial charge in [-0.05, 0) is 71.2 Å². The Labute approximate surface area is 321 Å². The Kier molecular flexibility index (Phi) is 3.18. The van der Waals surface area contributed by atoms with Crippen LogP contribution in [0.5, 0.6) is 0 Å². The van der Waals surface area contributed by atoms with Gasteiger partial charge in [-0.25, -0.2) is 0 Å². The average Bonchev–Trinajstić information content (AvgIpc) is 4.04. The minimum atomic E-state index is -0.786. The molecule has 0 N–H and O–H groups in total. The first-order chi connectivity index (χ1) is 33.6. The number of benzene rings is 8. The van der Waals surface area contributed by atoms with Gasteiger partial charge in [-0.3, -0.25) is 0 Å². The summed E-state index contributed by atoms with van der Waals surface area (Å²) in [6.07, 6.45) is 0. The van der Waals surface area contributed by atoms with Crippen LogP contribution in [-0.4, -0.2) is 9.13 Å². The maximum Gasteiger partial charge on any atom is 0.137 e. The smallest absolute Gasteiger partial charge is 0.137 e. The van der Waals surface area contributed by atoms with Crippen molar-refractivity contribution in [1.82, 2.24) is 9.13 Å². The summed E-state index contributed by atoms with van der Waals surface area (Å²) in [5, 5.41) is -0.432. The van der Waals surface area contributed by atoms with Crippen molar-refractivity contribution in [1.29, 1.82) is 0 Å². The summed E-state index contributed by atoms with van der Waals surface area (Å²) < 4.78 is 188. The number of para-hydroxylation sites is 4. The molecule has 238 valence electrons. The molecular formula is C48H30N2O. The van der Waals surface area contributed by atoms with Gasteiger partial charge in [0.15, 0.2) is 0 Å². The predicted octanol–water partition coefficient (Wildman–Crippen LogP) is 13.1. The molecule has 0 radical (unpaired) electrons. The Balaban J connectivity index is 1.40. The fourth-order valence-corrected chi connectivity index (χ4v) is 6.98. The van der Waals surface area contributed by atoms with E-state index in [2.05, 4.69) is 0 Å². The highest BCUT2D eigenvalue weighted by Crippen LogP contribution is 2.44. The van der Waals surface area contributed by atoms with E-state index in [4.69, 9.17) is 22.2 Å². The lowest BCUT2D eigenvalue weighted by molar-refractivity contribution is 0.669. The summed E-state index contributed by atoms with van der Waals surface area (Å²) in [5.74, 6) is 0. The van der Waals surface area contributed by atoms with Crippen molar-refractivity contribution in [2.75, 3.05) is 0 Å². The number of nitrogens with zero attached hydrogens (tertiary/aromatic N) is 2. The van der Waals surface area contributed by atoms with Crippen molar-refractivity contribution in [2.24, 2.45) is 0 Å². The van der Waals surface area contributed by atoms with E-state index in [0.717, 1.165) is 4.57 Å². The zero-order valence-electron chi connectivity index (χ0n) is 46.1. The molecule has 0 atom stereocenters. The monoisotopic (exact) mass is 670 g/mol. The van der Waals surface area contributed by atoms with Crippen molar-refractivity contribution in [3.05, 3.63) is 182 Å². The maximum atomic E-state index is 10.3. The van der Waals surface area contributed by atoms with Gasteiger partial charge in [-0.15, -0.1) is 0 Å². The fourth-order valence-electron chi connectivity index (χ4n) is 6.98. The molecule has 3 nitrogen and oxygen atoms in total. The molecule has 0 spiro atoms. The van der Waals surface area contributed by atoms with Gasteiger partial charge in [-0.1, -0.05) is 127 Å². The highest BCUT2D eigenvalue weighted by molar-refractivity contribution is 6.17. The zero-order chi connectivity index (χ0) is 50.9. The van der Waals surface area contributed by atoms with Gasteiger partial charge in [-0.2, -0.15) is 0 Å². The third-order valence-corrected chi connectivity index (χ3v) is 9.10. The SMILES string of the molecule is [2H]c1c([2H])c([2H])c(-c2cccc(-c3ccc4oc5ccccc5c4c3-n3c4c([2H])c([2H])c([2H])c([2H])c4c4c([2H])c([2H])c(-n5c6c([2H])c([2H])c([2H])c([2H])c6c6c([2H])c([2H])c([2H])c([2H])c65)c([2H])c43)c2)c([2H])c1[2H]. The van der Waals surface area contributed by atoms with E-state index in [9.17, 15) is 9.60 Å². The lowest BCUT2D eigenvalue weighted by Gasteiger charge is -2.17. The molecular weight excluding hydrogens is 621 g/mol. The Morgan fingerprint density at radius 2 is 1.06 bits per heavy atom. The van der Waals surface area contributed by atoms with Crippen LogP contribution in [0.4, 0.5) is 0 Å². The van der Waals surface area contributed by atoms with Crippen LogP contribution in [0.15, 0.2) is 186 Å². The third kappa shape index (κ3) is 4.12. The normalized spacial score (nSPS) is 17.4. The number of hydrogen-bond donors (Lipinski definition) is 0. The molecule has 0 bridgehead atoms. The second kappa shape index (κ2) is 10.8. The van der Waals surface area contributed by atoms with Gasteiger partial charge in [0.2, 0.25) is 0 Å². The molecule has 0 fully saturated rings. The molecule has 8 aromatic carbocycles. The molecule has 0 aliphatic heterocycles. The first-order valence-corrected chi connectivity index (χ1v) is 15.8. The molecule has 11 aromatic rings. The van der Waals surface area contributed by atoms with Crippen molar-refractivity contribution in [3.8, 4) is 33.6 Å². The number of furan rings is 1. The Hall–Kier alpha value is -6.84. The maximum absolute atomic E-state index is 10.3. The second-order valence-corrected chi connectivity index (χ2v) is 11.8. The summed E-state index contributed by atoms with van der Waals surface area (Å²) in [6.45, 7) is 0. The van der Waals surface area contributed by atoms with E-state index in [-0.39, 0.29) is 60.5 Å². The molecule has 0 aliphatic rings. The number of fused-ring (bicyclic) bond motifs is 9. The van der Waals surface area contributed by atoms with E-state index in [1.54, 1.807) is 60.7 Å². The van der Waals surface area contributed by atoms with Crippen molar-refractivity contribution in [2.45, 2.75) is 0 Å². The van der Waals surface area contributed by atoms with Gasteiger partial charge in [0.25, 0.3) is 0 Å². The Morgan fingerprint density at radius 3 is 1.80 bits per heavy atom. The molecule has 3 heteroatoms.